The molecule has 3 aliphatic heterocycles. The third-order valence-electron chi connectivity index (χ3n) is 9.64. The van der Waals surface area contributed by atoms with Crippen molar-refractivity contribution in [2.45, 2.75) is 57.3 Å². The SMILES string of the molecule is COc1nc(-c2cccc(-c3cccc(-c4cnc(CN5CCCC6(C5)N=C(C)NC6=O)c(OC)n4)c3Cl)c2Cl)cnc1CNCC1CCC(=O)N1. The third-order valence-corrected chi connectivity index (χ3v) is 10.5. The minimum atomic E-state index is -0.758. The number of rotatable bonds is 11. The highest BCUT2D eigenvalue weighted by atomic mass is 35.5. The molecule has 2 aromatic carbocycles. The molecular formula is C37H39Cl2N9O4. The summed E-state index contributed by atoms with van der Waals surface area (Å²) >= 11 is 14.2. The van der Waals surface area contributed by atoms with Gasteiger partial charge in [-0.15, -0.1) is 0 Å². The van der Waals surface area contributed by atoms with Crippen LogP contribution in [0.5, 0.6) is 11.8 Å². The molecule has 13 nitrogen and oxygen atoms in total. The maximum atomic E-state index is 12.7. The quantitative estimate of drug-likeness (QED) is 0.194. The number of amides is 2. The molecule has 1 spiro atoms. The summed E-state index contributed by atoms with van der Waals surface area (Å²) in [6.45, 7) is 4.65. The third kappa shape index (κ3) is 7.18. The molecule has 2 amide bonds. The first-order valence-corrected chi connectivity index (χ1v) is 17.9. The van der Waals surface area contributed by atoms with Gasteiger partial charge in [-0.2, -0.15) is 0 Å². The van der Waals surface area contributed by atoms with Crippen LogP contribution in [-0.4, -0.2) is 87.9 Å². The zero-order chi connectivity index (χ0) is 36.4. The molecule has 15 heteroatoms. The highest BCUT2D eigenvalue weighted by Crippen LogP contribution is 2.42. The Balaban J connectivity index is 1.11. The summed E-state index contributed by atoms with van der Waals surface area (Å²) in [6, 6.07) is 11.4. The number of amidine groups is 1. The lowest BCUT2D eigenvalue weighted by atomic mass is 9.89. The Morgan fingerprint density at radius 2 is 1.54 bits per heavy atom. The number of hydrogen-bond acceptors (Lipinski definition) is 11. The van der Waals surface area contributed by atoms with E-state index in [9.17, 15) is 9.59 Å². The lowest BCUT2D eigenvalue weighted by molar-refractivity contribution is -0.125. The summed E-state index contributed by atoms with van der Waals surface area (Å²) in [5.41, 5.74) is 4.38. The van der Waals surface area contributed by atoms with Crippen LogP contribution in [0, 0.1) is 0 Å². The fraction of sp³-hybridized carbons (Fsp3) is 0.378. The molecule has 3 N–H and O–H groups in total. The molecule has 52 heavy (non-hydrogen) atoms. The van der Waals surface area contributed by atoms with Crippen LogP contribution in [0.4, 0.5) is 0 Å². The van der Waals surface area contributed by atoms with E-state index in [1.54, 1.807) is 26.6 Å². The number of aliphatic imine (C=N–C) groups is 1. The normalized spacial score (nSPS) is 20.2. The van der Waals surface area contributed by atoms with Gasteiger partial charge in [-0.05, 0) is 32.7 Å². The molecule has 0 saturated carbocycles. The van der Waals surface area contributed by atoms with Crippen LogP contribution in [-0.2, 0) is 22.7 Å². The van der Waals surface area contributed by atoms with Crippen molar-refractivity contribution in [2.24, 2.45) is 4.99 Å². The van der Waals surface area contributed by atoms with Crippen molar-refractivity contribution in [2.75, 3.05) is 33.9 Å². The van der Waals surface area contributed by atoms with E-state index in [0.29, 0.717) is 112 Å². The lowest BCUT2D eigenvalue weighted by Crippen LogP contribution is -2.52. The number of nitrogens with zero attached hydrogens (tertiary/aromatic N) is 6. The molecular weight excluding hydrogens is 705 g/mol. The maximum Gasteiger partial charge on any atom is 0.254 e. The van der Waals surface area contributed by atoms with Gasteiger partial charge in [-0.1, -0.05) is 59.6 Å². The van der Waals surface area contributed by atoms with Crippen LogP contribution in [0.25, 0.3) is 33.6 Å². The van der Waals surface area contributed by atoms with E-state index in [-0.39, 0.29) is 17.9 Å². The number of methoxy groups -OCH3 is 2. The Kier molecular flexibility index (Phi) is 10.4. The van der Waals surface area contributed by atoms with Gasteiger partial charge in [0.2, 0.25) is 17.7 Å². The van der Waals surface area contributed by atoms with E-state index >= 15 is 0 Å². The molecule has 3 aliphatic rings. The van der Waals surface area contributed by atoms with Gasteiger partial charge in [0.1, 0.15) is 17.2 Å². The maximum absolute atomic E-state index is 12.7. The van der Waals surface area contributed by atoms with Crippen molar-refractivity contribution in [1.29, 1.82) is 0 Å². The molecule has 4 aromatic rings. The number of hydrogen-bond donors (Lipinski definition) is 3. The monoisotopic (exact) mass is 743 g/mol. The van der Waals surface area contributed by atoms with Crippen LogP contribution in [0.3, 0.4) is 0 Å². The zero-order valence-corrected chi connectivity index (χ0v) is 30.6. The second kappa shape index (κ2) is 15.1. The fourth-order valence-corrected chi connectivity index (χ4v) is 7.76. The van der Waals surface area contributed by atoms with E-state index in [1.807, 2.05) is 43.3 Å². The van der Waals surface area contributed by atoms with E-state index in [2.05, 4.69) is 30.8 Å². The lowest BCUT2D eigenvalue weighted by Gasteiger charge is -2.36. The number of carbonyl (C=O) groups is 2. The van der Waals surface area contributed by atoms with Crippen LogP contribution < -0.4 is 25.4 Å². The van der Waals surface area contributed by atoms with Gasteiger partial charge in [0.05, 0.1) is 48.0 Å². The van der Waals surface area contributed by atoms with E-state index in [1.165, 1.54) is 0 Å². The largest absolute Gasteiger partial charge is 0.480 e. The first-order chi connectivity index (χ1) is 25.2. The van der Waals surface area contributed by atoms with Crippen molar-refractivity contribution >= 4 is 40.9 Å². The smallest absolute Gasteiger partial charge is 0.254 e. The Hall–Kier alpha value is -4.69. The Morgan fingerprint density at radius 3 is 2.12 bits per heavy atom. The second-order valence-corrected chi connectivity index (χ2v) is 13.9. The van der Waals surface area contributed by atoms with Gasteiger partial charge in [0.25, 0.3) is 5.91 Å². The molecule has 2 unspecified atom stereocenters. The molecule has 2 aromatic heterocycles. The first-order valence-electron chi connectivity index (χ1n) is 17.2. The molecule has 0 aliphatic carbocycles. The van der Waals surface area contributed by atoms with Crippen molar-refractivity contribution < 1.29 is 19.1 Å². The summed E-state index contributed by atoms with van der Waals surface area (Å²) in [7, 11) is 3.12. The molecule has 270 valence electrons. The number of ether oxygens (including phenoxy) is 2. The highest BCUT2D eigenvalue weighted by Gasteiger charge is 2.45. The van der Waals surface area contributed by atoms with Gasteiger partial charge in [0, 0.05) is 60.9 Å². The second-order valence-electron chi connectivity index (χ2n) is 13.2. The number of carbonyl (C=O) groups excluding carboxylic acids is 2. The van der Waals surface area contributed by atoms with Gasteiger partial charge < -0.3 is 25.4 Å². The summed E-state index contributed by atoms with van der Waals surface area (Å²) in [4.78, 5) is 50.0. The summed E-state index contributed by atoms with van der Waals surface area (Å²) < 4.78 is 11.3. The predicted molar refractivity (Wildman–Crippen MR) is 198 cm³/mol. The van der Waals surface area contributed by atoms with E-state index < -0.39 is 5.54 Å². The fourth-order valence-electron chi connectivity index (χ4n) is 7.11. The highest BCUT2D eigenvalue weighted by molar-refractivity contribution is 6.39. The van der Waals surface area contributed by atoms with Crippen LogP contribution >= 0.6 is 23.2 Å². The number of nitrogens with one attached hydrogen (secondary N) is 3. The molecule has 7 rings (SSSR count). The summed E-state index contributed by atoms with van der Waals surface area (Å²) in [5.74, 6) is 1.44. The number of benzene rings is 2. The van der Waals surface area contributed by atoms with Crippen LogP contribution in [0.2, 0.25) is 10.0 Å². The van der Waals surface area contributed by atoms with Crippen LogP contribution in [0.15, 0.2) is 53.8 Å². The number of likely N-dealkylation sites (tertiary alicyclic amines) is 1. The standard InChI is InChI=1S/C37H39Cl2N9O4/c1-21-43-36(50)37(47-21)13-6-14-48(20-37)19-30-35(52-3)46-28(18-42-30)26-10-5-8-24(33(26)39)23-7-4-9-25(32(23)38)27-17-41-29(34(45-27)51-2)16-40-15-22-11-12-31(49)44-22/h4-5,7-10,17-18,22,40H,6,11-16,19-20H2,1-3H3,(H,44,49)(H,43,47,50). The Morgan fingerprint density at radius 1 is 0.923 bits per heavy atom. The predicted octanol–water partition coefficient (Wildman–Crippen LogP) is 4.84. The Bertz CT molecular complexity index is 2060. The number of aromatic nitrogens is 4. The first kappa shape index (κ1) is 35.7. The summed E-state index contributed by atoms with van der Waals surface area (Å²) in [5, 5.41) is 10.0. The van der Waals surface area contributed by atoms with Gasteiger partial charge >= 0.3 is 0 Å². The number of halogens is 2. The molecule has 2 saturated heterocycles. The molecule has 2 atom stereocenters. The topological polar surface area (TPSA) is 156 Å². The molecule has 2 fully saturated rings. The van der Waals surface area contributed by atoms with Gasteiger partial charge in [-0.3, -0.25) is 29.4 Å². The van der Waals surface area contributed by atoms with Gasteiger partial charge in [-0.25, -0.2) is 9.97 Å². The molecule has 0 bridgehead atoms. The molecule has 0 radical (unpaired) electrons. The van der Waals surface area contributed by atoms with Crippen molar-refractivity contribution in [1.82, 2.24) is 40.8 Å². The molecule has 5 heterocycles. The minimum Gasteiger partial charge on any atom is -0.480 e. The van der Waals surface area contributed by atoms with Crippen molar-refractivity contribution in [3.05, 3.63) is 70.2 Å². The van der Waals surface area contributed by atoms with Crippen LogP contribution in [0.1, 0.15) is 44.0 Å². The Labute approximate surface area is 311 Å². The zero-order valence-electron chi connectivity index (χ0n) is 29.1. The van der Waals surface area contributed by atoms with Gasteiger partial charge in [0.15, 0.2) is 5.54 Å². The summed E-state index contributed by atoms with van der Waals surface area (Å²) in [6.07, 6.45) is 6.27. The van der Waals surface area contributed by atoms with E-state index in [0.717, 1.165) is 19.4 Å². The average Bonchev–Trinajstić information content (AvgIpc) is 3.68. The van der Waals surface area contributed by atoms with E-state index in [4.69, 9.17) is 47.6 Å². The minimum absolute atomic E-state index is 0.0503. The average molecular weight is 745 g/mol. The van der Waals surface area contributed by atoms with Crippen molar-refractivity contribution in [3.8, 4) is 45.4 Å². The van der Waals surface area contributed by atoms with Crippen molar-refractivity contribution in [3.63, 3.8) is 0 Å². The number of piperidine rings is 1.